The Morgan fingerprint density at radius 2 is 1.97 bits per heavy atom. The number of hydrogen-bond acceptors (Lipinski definition) is 3. The number of aromatic nitrogens is 1. The molecule has 2 aromatic rings. The Balaban J connectivity index is 0.00000218. The van der Waals surface area contributed by atoms with Gasteiger partial charge in [-0.15, -0.1) is 12.4 Å². The molecule has 0 aliphatic heterocycles. The van der Waals surface area contributed by atoms with Gasteiger partial charge in [-0.1, -0.05) is 19.9 Å². The summed E-state index contributed by atoms with van der Waals surface area (Å²) < 4.78 is 5.44. The van der Waals surface area contributed by atoms with Gasteiger partial charge in [0.25, 0.3) is 0 Å². The highest BCUT2D eigenvalue weighted by Gasteiger charge is 2.59. The highest BCUT2D eigenvalue weighted by molar-refractivity contribution is 5.85. The highest BCUT2D eigenvalue weighted by atomic mass is 35.5. The molecule has 1 heterocycles. The molecule has 3 unspecified atom stereocenters. The Hall–Kier alpha value is -1.74. The maximum atomic E-state index is 10.2. The molecule has 0 amide bonds. The van der Waals surface area contributed by atoms with E-state index in [0.717, 1.165) is 24.7 Å². The second-order valence-electron chi connectivity index (χ2n) is 10.2. The molecule has 3 aliphatic rings. The molecule has 3 aliphatic carbocycles. The van der Waals surface area contributed by atoms with E-state index in [-0.39, 0.29) is 18.2 Å². The molecule has 0 saturated heterocycles. The van der Waals surface area contributed by atoms with E-state index in [0.29, 0.717) is 22.5 Å². The lowest BCUT2D eigenvalue weighted by Crippen LogP contribution is -2.46. The van der Waals surface area contributed by atoms with E-state index < -0.39 is 0 Å². The first-order valence-electron chi connectivity index (χ1n) is 11.2. The molecule has 0 bridgehead atoms. The van der Waals surface area contributed by atoms with E-state index in [2.05, 4.69) is 37.0 Å². The molecule has 0 radical (unpaired) electrons. The summed E-state index contributed by atoms with van der Waals surface area (Å²) in [4.78, 5) is 4.66. The summed E-state index contributed by atoms with van der Waals surface area (Å²) in [5, 5.41) is 10.2. The number of hydrogen-bond donors (Lipinski definition) is 1. The van der Waals surface area contributed by atoms with Crippen molar-refractivity contribution in [2.24, 2.45) is 22.7 Å². The van der Waals surface area contributed by atoms with Crippen molar-refractivity contribution < 1.29 is 9.84 Å². The average molecular weight is 428 g/mol. The summed E-state index contributed by atoms with van der Waals surface area (Å²) in [6, 6.07) is 10.4. The molecule has 2 saturated carbocycles. The van der Waals surface area contributed by atoms with Crippen molar-refractivity contribution in [3.8, 4) is 11.5 Å². The van der Waals surface area contributed by atoms with Gasteiger partial charge < -0.3 is 9.84 Å². The van der Waals surface area contributed by atoms with Crippen LogP contribution in [0.2, 0.25) is 0 Å². The lowest BCUT2D eigenvalue weighted by molar-refractivity contribution is -0.0181. The quantitative estimate of drug-likeness (QED) is 0.622. The number of phenolic OH excluding ortho intramolecular Hbond substituents is 1. The molecule has 5 rings (SSSR count). The van der Waals surface area contributed by atoms with Gasteiger partial charge in [0.15, 0.2) is 11.5 Å². The zero-order valence-electron chi connectivity index (χ0n) is 18.4. The predicted molar refractivity (Wildman–Crippen MR) is 123 cm³/mol. The number of phenols is 1. The standard InChI is InChI=1S/C26H33NO2.ClH/c1-25(16-18-6-4-5-13-27-18)11-10-22-20-8-7-17-14-23(28)24(29-3)15-21(17)19(20)9-12-26(22,25)2;/h4-6,13-15,19-20,22,28H,7-12,16H2,1-3H3;1H/t19?,20?,22?,25-,26-;/m0./s1. The zero-order valence-corrected chi connectivity index (χ0v) is 19.2. The van der Waals surface area contributed by atoms with E-state index in [9.17, 15) is 5.11 Å². The van der Waals surface area contributed by atoms with Crippen molar-refractivity contribution in [2.45, 2.75) is 64.7 Å². The van der Waals surface area contributed by atoms with Crippen LogP contribution in [0.1, 0.15) is 68.7 Å². The van der Waals surface area contributed by atoms with Crippen molar-refractivity contribution in [3.05, 3.63) is 53.3 Å². The second kappa shape index (κ2) is 7.75. The fraction of sp³-hybridized carbons (Fsp3) is 0.577. The molecular weight excluding hydrogens is 394 g/mol. The zero-order chi connectivity index (χ0) is 20.2. The van der Waals surface area contributed by atoms with E-state index in [1.165, 1.54) is 48.9 Å². The van der Waals surface area contributed by atoms with Crippen molar-refractivity contribution in [3.63, 3.8) is 0 Å². The minimum Gasteiger partial charge on any atom is -0.504 e. The first-order chi connectivity index (χ1) is 13.9. The second-order valence-corrected chi connectivity index (χ2v) is 10.2. The SMILES string of the molecule is COc1cc2c(cc1O)CCC1C2CC[C@@]2(C)C1CC[C@@]2(C)Cc1ccccn1.Cl. The van der Waals surface area contributed by atoms with Crippen LogP contribution in [0, 0.1) is 22.7 Å². The first kappa shape index (κ1) is 21.5. The van der Waals surface area contributed by atoms with Crippen LogP contribution in [-0.4, -0.2) is 17.2 Å². The number of aryl methyl sites for hydroxylation is 1. The van der Waals surface area contributed by atoms with Gasteiger partial charge in [-0.2, -0.15) is 0 Å². The van der Waals surface area contributed by atoms with Crippen LogP contribution in [-0.2, 0) is 12.8 Å². The third kappa shape index (κ3) is 3.12. The van der Waals surface area contributed by atoms with Crippen LogP contribution < -0.4 is 4.74 Å². The molecule has 162 valence electrons. The van der Waals surface area contributed by atoms with Gasteiger partial charge in [-0.25, -0.2) is 0 Å². The summed E-state index contributed by atoms with van der Waals surface area (Å²) in [6.45, 7) is 5.11. The normalized spacial score (nSPS) is 34.3. The van der Waals surface area contributed by atoms with Crippen LogP contribution >= 0.6 is 12.4 Å². The molecule has 5 atom stereocenters. The average Bonchev–Trinajstić information content (AvgIpc) is 2.98. The molecule has 2 fully saturated rings. The molecular formula is C26H34ClNO2. The van der Waals surface area contributed by atoms with Crippen LogP contribution in [0.5, 0.6) is 11.5 Å². The molecule has 0 spiro atoms. The summed E-state index contributed by atoms with van der Waals surface area (Å²) in [6.07, 6.45) is 10.5. The minimum atomic E-state index is 0. The molecule has 1 N–H and O–H groups in total. The Morgan fingerprint density at radius 3 is 2.70 bits per heavy atom. The van der Waals surface area contributed by atoms with Crippen molar-refractivity contribution in [1.82, 2.24) is 4.98 Å². The maximum absolute atomic E-state index is 10.2. The van der Waals surface area contributed by atoms with Gasteiger partial charge in [-0.05, 0) is 109 Å². The number of rotatable bonds is 3. The Bertz CT molecular complexity index is 917. The van der Waals surface area contributed by atoms with E-state index >= 15 is 0 Å². The van der Waals surface area contributed by atoms with Crippen molar-refractivity contribution >= 4 is 12.4 Å². The fourth-order valence-corrected chi connectivity index (χ4v) is 7.31. The maximum Gasteiger partial charge on any atom is 0.160 e. The van der Waals surface area contributed by atoms with Crippen LogP contribution in [0.15, 0.2) is 36.5 Å². The van der Waals surface area contributed by atoms with E-state index in [1.807, 2.05) is 18.3 Å². The van der Waals surface area contributed by atoms with Crippen molar-refractivity contribution in [1.29, 1.82) is 0 Å². The minimum absolute atomic E-state index is 0. The first-order valence-corrected chi connectivity index (χ1v) is 11.2. The van der Waals surface area contributed by atoms with Gasteiger partial charge in [0.05, 0.1) is 7.11 Å². The topological polar surface area (TPSA) is 42.4 Å². The summed E-state index contributed by atoms with van der Waals surface area (Å²) in [5.41, 5.74) is 4.72. The number of methoxy groups -OCH3 is 1. The van der Waals surface area contributed by atoms with Crippen LogP contribution in [0.25, 0.3) is 0 Å². The third-order valence-corrected chi connectivity index (χ3v) is 9.10. The molecule has 4 heteroatoms. The number of fused-ring (bicyclic) bond motifs is 5. The summed E-state index contributed by atoms with van der Waals surface area (Å²) in [7, 11) is 1.65. The van der Waals surface area contributed by atoms with E-state index in [1.54, 1.807) is 7.11 Å². The fourth-order valence-electron chi connectivity index (χ4n) is 7.31. The van der Waals surface area contributed by atoms with Crippen LogP contribution in [0.3, 0.4) is 0 Å². The smallest absolute Gasteiger partial charge is 0.160 e. The Labute approximate surface area is 186 Å². The van der Waals surface area contributed by atoms with E-state index in [4.69, 9.17) is 4.74 Å². The lowest BCUT2D eigenvalue weighted by atomic mass is 9.50. The number of halogens is 1. The molecule has 30 heavy (non-hydrogen) atoms. The highest BCUT2D eigenvalue weighted by Crippen LogP contribution is 2.68. The molecule has 1 aromatic carbocycles. The van der Waals surface area contributed by atoms with Gasteiger partial charge >= 0.3 is 0 Å². The summed E-state index contributed by atoms with van der Waals surface area (Å²) in [5.74, 6) is 3.06. The Kier molecular flexibility index (Phi) is 5.55. The third-order valence-electron chi connectivity index (χ3n) is 9.10. The number of pyridine rings is 1. The monoisotopic (exact) mass is 427 g/mol. The van der Waals surface area contributed by atoms with Gasteiger partial charge in [0.1, 0.15) is 0 Å². The molecule has 1 aromatic heterocycles. The lowest BCUT2D eigenvalue weighted by Gasteiger charge is -2.54. The summed E-state index contributed by atoms with van der Waals surface area (Å²) >= 11 is 0. The van der Waals surface area contributed by atoms with Gasteiger partial charge in [0, 0.05) is 11.9 Å². The number of nitrogens with zero attached hydrogens (tertiary/aromatic N) is 1. The van der Waals surface area contributed by atoms with Crippen LogP contribution in [0.4, 0.5) is 0 Å². The van der Waals surface area contributed by atoms with Crippen molar-refractivity contribution in [2.75, 3.05) is 7.11 Å². The number of ether oxygens (including phenoxy) is 1. The predicted octanol–water partition coefficient (Wildman–Crippen LogP) is 6.32. The number of benzene rings is 1. The largest absolute Gasteiger partial charge is 0.504 e. The number of aromatic hydroxyl groups is 1. The Morgan fingerprint density at radius 1 is 1.13 bits per heavy atom. The molecule has 3 nitrogen and oxygen atoms in total. The van der Waals surface area contributed by atoms with Gasteiger partial charge in [0.2, 0.25) is 0 Å². The van der Waals surface area contributed by atoms with Gasteiger partial charge in [-0.3, -0.25) is 4.98 Å².